The van der Waals surface area contributed by atoms with Crippen LogP contribution < -0.4 is 5.32 Å². The molecule has 12 heavy (non-hydrogen) atoms. The topological polar surface area (TPSA) is 21.3 Å². The molecule has 0 bridgehead atoms. The van der Waals surface area contributed by atoms with E-state index in [0.717, 1.165) is 24.2 Å². The van der Waals surface area contributed by atoms with E-state index in [2.05, 4.69) is 41.7 Å². The van der Waals surface area contributed by atoms with Crippen molar-refractivity contribution < 1.29 is 4.74 Å². The number of hydrogen-bond donors (Lipinski definition) is 1. The minimum atomic E-state index is -0.0861. The lowest BCUT2D eigenvalue weighted by Gasteiger charge is -2.24. The van der Waals surface area contributed by atoms with Crippen LogP contribution in [0.5, 0.6) is 0 Å². The molecule has 0 spiro atoms. The lowest BCUT2D eigenvalue weighted by atomic mass is 10.1. The van der Waals surface area contributed by atoms with Gasteiger partial charge in [0.15, 0.2) is 0 Å². The average Bonchev–Trinajstić information content (AvgIpc) is 1.85. The van der Waals surface area contributed by atoms with E-state index in [9.17, 15) is 0 Å². The van der Waals surface area contributed by atoms with Gasteiger partial charge in [-0.15, -0.1) is 0 Å². The van der Waals surface area contributed by atoms with E-state index >= 15 is 0 Å². The van der Waals surface area contributed by atoms with Gasteiger partial charge >= 0.3 is 0 Å². The third-order valence-corrected chi connectivity index (χ3v) is 1.68. The summed E-state index contributed by atoms with van der Waals surface area (Å²) in [6.45, 7) is 12.3. The zero-order chi connectivity index (χ0) is 9.61. The summed E-state index contributed by atoms with van der Waals surface area (Å²) in [7, 11) is 0. The number of ether oxygens (including phenoxy) is 1. The van der Waals surface area contributed by atoms with E-state index in [1.54, 1.807) is 0 Å². The predicted octanol–water partition coefficient (Wildman–Crippen LogP) is 2.30. The summed E-state index contributed by atoms with van der Waals surface area (Å²) >= 11 is 3.28. The van der Waals surface area contributed by atoms with Crippen LogP contribution in [0.4, 0.5) is 0 Å². The molecule has 0 fully saturated rings. The van der Waals surface area contributed by atoms with Crippen molar-refractivity contribution in [1.82, 2.24) is 5.32 Å². The van der Waals surface area contributed by atoms with Gasteiger partial charge in [-0.25, -0.2) is 0 Å². The molecule has 0 aromatic carbocycles. The molecule has 0 aliphatic heterocycles. The maximum absolute atomic E-state index is 5.50. The largest absolute Gasteiger partial charge is 0.375 e. The molecule has 0 aliphatic carbocycles. The van der Waals surface area contributed by atoms with E-state index in [-0.39, 0.29) is 5.60 Å². The van der Waals surface area contributed by atoms with Gasteiger partial charge < -0.3 is 10.1 Å². The van der Waals surface area contributed by atoms with Gasteiger partial charge in [0.1, 0.15) is 0 Å². The van der Waals surface area contributed by atoms with Crippen LogP contribution in [0.15, 0.2) is 11.1 Å². The highest BCUT2D eigenvalue weighted by atomic mass is 79.9. The van der Waals surface area contributed by atoms with E-state index in [1.165, 1.54) is 0 Å². The minimum Gasteiger partial charge on any atom is -0.375 e. The summed E-state index contributed by atoms with van der Waals surface area (Å²) in [5, 5.41) is 3.24. The van der Waals surface area contributed by atoms with Gasteiger partial charge in [0.25, 0.3) is 0 Å². The summed E-state index contributed by atoms with van der Waals surface area (Å²) in [6.07, 6.45) is 0. The molecule has 72 valence electrons. The van der Waals surface area contributed by atoms with E-state index in [4.69, 9.17) is 4.74 Å². The molecule has 0 aliphatic rings. The Bertz CT molecular complexity index is 145. The summed E-state index contributed by atoms with van der Waals surface area (Å²) in [6, 6.07) is 0. The molecular weight excluding hydrogens is 218 g/mol. The molecule has 0 amide bonds. The third-order valence-electron chi connectivity index (χ3n) is 1.40. The van der Waals surface area contributed by atoms with Crippen LogP contribution in [0.2, 0.25) is 0 Å². The SMILES string of the molecule is C=C(Br)CNCC(C)(C)OCC. The van der Waals surface area contributed by atoms with Crippen molar-refractivity contribution in [3.63, 3.8) is 0 Å². The normalized spacial score (nSPS) is 11.7. The van der Waals surface area contributed by atoms with Crippen molar-refractivity contribution in [3.8, 4) is 0 Å². The molecule has 0 atom stereocenters. The lowest BCUT2D eigenvalue weighted by Crippen LogP contribution is -2.38. The Morgan fingerprint density at radius 2 is 2.17 bits per heavy atom. The first kappa shape index (κ1) is 12.1. The molecule has 0 radical (unpaired) electrons. The Morgan fingerprint density at radius 1 is 1.58 bits per heavy atom. The minimum absolute atomic E-state index is 0.0861. The molecule has 2 nitrogen and oxygen atoms in total. The fourth-order valence-electron chi connectivity index (χ4n) is 0.941. The zero-order valence-corrected chi connectivity index (χ0v) is 9.70. The van der Waals surface area contributed by atoms with Crippen molar-refractivity contribution in [2.75, 3.05) is 19.7 Å². The van der Waals surface area contributed by atoms with Crippen LogP contribution in [0.1, 0.15) is 20.8 Å². The van der Waals surface area contributed by atoms with Crippen molar-refractivity contribution >= 4 is 15.9 Å². The molecular formula is C9H18BrNO. The highest BCUT2D eigenvalue weighted by Crippen LogP contribution is 2.07. The van der Waals surface area contributed by atoms with Crippen molar-refractivity contribution in [2.45, 2.75) is 26.4 Å². The third kappa shape index (κ3) is 6.83. The predicted molar refractivity (Wildman–Crippen MR) is 56.6 cm³/mol. The Kier molecular flexibility index (Phi) is 5.80. The molecule has 0 aromatic heterocycles. The average molecular weight is 236 g/mol. The van der Waals surface area contributed by atoms with Gasteiger partial charge in [0, 0.05) is 24.2 Å². The van der Waals surface area contributed by atoms with Gasteiger partial charge in [-0.1, -0.05) is 22.5 Å². The van der Waals surface area contributed by atoms with Gasteiger partial charge in [-0.3, -0.25) is 0 Å². The van der Waals surface area contributed by atoms with Crippen molar-refractivity contribution in [1.29, 1.82) is 0 Å². The van der Waals surface area contributed by atoms with Crippen LogP contribution >= 0.6 is 15.9 Å². The number of nitrogens with one attached hydrogen (secondary N) is 1. The first-order chi connectivity index (χ1) is 5.48. The quantitative estimate of drug-likeness (QED) is 0.764. The van der Waals surface area contributed by atoms with Crippen molar-refractivity contribution in [2.24, 2.45) is 0 Å². The molecule has 0 aromatic rings. The van der Waals surface area contributed by atoms with Gasteiger partial charge in [0.2, 0.25) is 0 Å². The highest BCUT2D eigenvalue weighted by Gasteiger charge is 2.16. The lowest BCUT2D eigenvalue weighted by molar-refractivity contribution is -0.00814. The second kappa shape index (κ2) is 5.73. The van der Waals surface area contributed by atoms with E-state index in [1.807, 2.05) is 6.92 Å². The van der Waals surface area contributed by atoms with Gasteiger partial charge in [-0.2, -0.15) is 0 Å². The monoisotopic (exact) mass is 235 g/mol. The van der Waals surface area contributed by atoms with E-state index in [0.29, 0.717) is 0 Å². The standard InChI is InChI=1S/C9H18BrNO/c1-5-12-9(3,4)7-11-6-8(2)10/h11H,2,5-7H2,1,3-4H3. The Balaban J connectivity index is 3.53. The van der Waals surface area contributed by atoms with Gasteiger partial charge in [-0.05, 0) is 20.8 Å². The molecule has 3 heteroatoms. The fraction of sp³-hybridized carbons (Fsp3) is 0.778. The molecule has 0 rings (SSSR count). The van der Waals surface area contributed by atoms with Crippen LogP contribution in [0.3, 0.4) is 0 Å². The second-order valence-electron chi connectivity index (χ2n) is 3.31. The van der Waals surface area contributed by atoms with Crippen LogP contribution in [-0.4, -0.2) is 25.3 Å². The second-order valence-corrected chi connectivity index (χ2v) is 4.43. The molecule has 0 unspecified atom stereocenters. The summed E-state index contributed by atoms with van der Waals surface area (Å²) in [5.74, 6) is 0. The fourth-order valence-corrected chi connectivity index (χ4v) is 1.14. The molecule has 0 saturated carbocycles. The smallest absolute Gasteiger partial charge is 0.0750 e. The summed E-state index contributed by atoms with van der Waals surface area (Å²) in [4.78, 5) is 0. The highest BCUT2D eigenvalue weighted by molar-refractivity contribution is 9.11. The van der Waals surface area contributed by atoms with Crippen LogP contribution in [-0.2, 0) is 4.74 Å². The van der Waals surface area contributed by atoms with Gasteiger partial charge in [0.05, 0.1) is 5.60 Å². The number of halogens is 1. The van der Waals surface area contributed by atoms with Crippen LogP contribution in [0, 0.1) is 0 Å². The first-order valence-corrected chi connectivity index (χ1v) is 4.95. The van der Waals surface area contributed by atoms with Crippen molar-refractivity contribution in [3.05, 3.63) is 11.1 Å². The molecule has 0 saturated heterocycles. The molecule has 1 N–H and O–H groups in total. The maximum atomic E-state index is 5.50. The Labute approximate surface area is 83.5 Å². The zero-order valence-electron chi connectivity index (χ0n) is 8.11. The summed E-state index contributed by atoms with van der Waals surface area (Å²) < 4.78 is 6.47. The van der Waals surface area contributed by atoms with E-state index < -0.39 is 0 Å². The first-order valence-electron chi connectivity index (χ1n) is 4.16. The maximum Gasteiger partial charge on any atom is 0.0750 e. The number of hydrogen-bond acceptors (Lipinski definition) is 2. The Hall–Kier alpha value is 0.140. The molecule has 0 heterocycles. The Morgan fingerprint density at radius 3 is 2.58 bits per heavy atom. The summed E-state index contributed by atoms with van der Waals surface area (Å²) in [5.41, 5.74) is -0.0861. The number of rotatable bonds is 6. The van der Waals surface area contributed by atoms with Crippen LogP contribution in [0.25, 0.3) is 0 Å².